The Balaban J connectivity index is 1.02. The van der Waals surface area contributed by atoms with E-state index in [0.717, 1.165) is 29.1 Å². The third kappa shape index (κ3) is 9.80. The Morgan fingerprint density at radius 2 is 1.65 bits per heavy atom. The Morgan fingerprint density at radius 1 is 0.917 bits per heavy atom. The molecular formula is C42H51F3N8O7. The average Bonchev–Trinajstić information content (AvgIpc) is 3.82. The number of benzene rings is 3. The number of fused-ring (bicyclic) bond motifs is 3. The lowest BCUT2D eigenvalue weighted by molar-refractivity contribution is -0.274. The van der Waals surface area contributed by atoms with E-state index in [0.29, 0.717) is 69.1 Å². The zero-order valence-corrected chi connectivity index (χ0v) is 34.4. The Hall–Kier alpha value is -5.78. The van der Waals surface area contributed by atoms with Crippen LogP contribution in [0, 0.1) is 5.92 Å². The molecule has 3 fully saturated rings. The first kappa shape index (κ1) is 42.3. The monoisotopic (exact) mass is 836 g/mol. The highest BCUT2D eigenvalue weighted by molar-refractivity contribution is 6.05. The topological polar surface area (TPSA) is 162 Å². The molecule has 0 radical (unpaired) electrons. The highest BCUT2D eigenvalue weighted by Gasteiger charge is 2.37. The molecule has 3 N–H and O–H groups in total. The van der Waals surface area contributed by atoms with E-state index in [-0.39, 0.29) is 47.8 Å². The van der Waals surface area contributed by atoms with Crippen molar-refractivity contribution in [3.8, 4) is 16.9 Å². The van der Waals surface area contributed by atoms with Gasteiger partial charge >= 0.3 is 24.6 Å². The van der Waals surface area contributed by atoms with Gasteiger partial charge in [-0.25, -0.2) is 19.4 Å². The quantitative estimate of drug-likeness (QED) is 0.177. The number of carbonyl (C=O) groups is 4. The van der Waals surface area contributed by atoms with E-state index >= 15 is 0 Å². The van der Waals surface area contributed by atoms with Gasteiger partial charge in [-0.2, -0.15) is 0 Å². The first-order valence-electron chi connectivity index (χ1n) is 20.2. The highest BCUT2D eigenvalue weighted by Crippen LogP contribution is 2.40. The van der Waals surface area contributed by atoms with Crippen LogP contribution in [0.2, 0.25) is 0 Å². The zero-order chi connectivity index (χ0) is 42.9. The zero-order valence-electron chi connectivity index (χ0n) is 34.4. The van der Waals surface area contributed by atoms with E-state index in [4.69, 9.17) is 9.72 Å². The number of nitrogens with zero attached hydrogens (tertiary/aromatic N) is 5. The number of rotatable bonds is 7. The number of ether oxygens (including phenoxy) is 3. The molecule has 3 aliphatic heterocycles. The molecule has 3 saturated heterocycles. The number of piperazine rings is 1. The number of alkyl carbamates (subject to hydrolysis) is 1. The van der Waals surface area contributed by atoms with Gasteiger partial charge in [-0.15, -0.1) is 13.2 Å². The Kier molecular flexibility index (Phi) is 12.0. The number of anilines is 1. The summed E-state index contributed by atoms with van der Waals surface area (Å²) in [7, 11) is 1.23. The van der Waals surface area contributed by atoms with E-state index in [9.17, 15) is 32.3 Å². The normalized spacial score (nSPS) is 19.4. The van der Waals surface area contributed by atoms with Gasteiger partial charge in [-0.1, -0.05) is 25.1 Å². The van der Waals surface area contributed by atoms with Crippen LogP contribution in [0.4, 0.5) is 33.2 Å². The maximum Gasteiger partial charge on any atom is 0.573 e. The minimum Gasteiger partial charge on any atom is -0.453 e. The maximum absolute atomic E-state index is 13.8. The number of aromatic amines is 1. The summed E-state index contributed by atoms with van der Waals surface area (Å²) in [5, 5.41) is 6.66. The number of halogens is 3. The third-order valence-corrected chi connectivity index (χ3v) is 11.2. The third-order valence-electron chi connectivity index (χ3n) is 11.2. The molecule has 5 amide bonds. The second-order valence-electron chi connectivity index (χ2n) is 16.7. The Labute approximate surface area is 345 Å². The van der Waals surface area contributed by atoms with Crippen LogP contribution in [-0.4, -0.2) is 131 Å². The van der Waals surface area contributed by atoms with Gasteiger partial charge in [-0.3, -0.25) is 9.69 Å². The second kappa shape index (κ2) is 17.1. The number of nitrogens with one attached hydrogen (secondary N) is 3. The van der Waals surface area contributed by atoms with Crippen molar-refractivity contribution in [1.29, 1.82) is 0 Å². The molecular weight excluding hydrogens is 786 g/mol. The fourth-order valence-corrected chi connectivity index (χ4v) is 8.33. The summed E-state index contributed by atoms with van der Waals surface area (Å²) in [5.41, 5.74) is 1.60. The maximum atomic E-state index is 13.8. The molecule has 0 bridgehead atoms. The van der Waals surface area contributed by atoms with Crippen molar-refractivity contribution < 1.29 is 46.6 Å². The number of methoxy groups -OCH3 is 1. The first-order chi connectivity index (χ1) is 28.4. The van der Waals surface area contributed by atoms with E-state index in [1.165, 1.54) is 19.2 Å². The van der Waals surface area contributed by atoms with E-state index in [1.807, 2.05) is 39.8 Å². The highest BCUT2D eigenvalue weighted by atomic mass is 19.4. The number of H-pyrrole nitrogens is 1. The van der Waals surface area contributed by atoms with Gasteiger partial charge in [0, 0.05) is 74.6 Å². The molecule has 15 nitrogen and oxygen atoms in total. The fourth-order valence-electron chi connectivity index (χ4n) is 8.33. The Morgan fingerprint density at radius 3 is 2.33 bits per heavy atom. The van der Waals surface area contributed by atoms with Gasteiger partial charge in [0.15, 0.2) is 0 Å². The molecule has 322 valence electrons. The molecule has 0 spiro atoms. The molecule has 60 heavy (non-hydrogen) atoms. The summed E-state index contributed by atoms with van der Waals surface area (Å²) in [6, 6.07) is 12.6. The van der Waals surface area contributed by atoms with Gasteiger partial charge in [0.05, 0.1) is 24.2 Å². The van der Waals surface area contributed by atoms with Gasteiger partial charge in [0.1, 0.15) is 23.7 Å². The van der Waals surface area contributed by atoms with Crippen LogP contribution in [0.1, 0.15) is 58.8 Å². The average molecular weight is 837 g/mol. The molecule has 0 aliphatic carbocycles. The van der Waals surface area contributed by atoms with Gasteiger partial charge in [0.25, 0.3) is 0 Å². The number of hydrogen-bond acceptors (Lipinski definition) is 9. The second-order valence-corrected chi connectivity index (χ2v) is 16.7. The number of aromatic nitrogens is 2. The van der Waals surface area contributed by atoms with E-state index in [2.05, 4.69) is 30.0 Å². The molecule has 3 aliphatic rings. The lowest BCUT2D eigenvalue weighted by Gasteiger charge is -2.42. The molecule has 3 aromatic carbocycles. The molecule has 1 aromatic heterocycles. The summed E-state index contributed by atoms with van der Waals surface area (Å²) < 4.78 is 56.0. The van der Waals surface area contributed by atoms with Crippen molar-refractivity contribution in [3.63, 3.8) is 0 Å². The number of carbonyl (C=O) groups excluding carboxylic acids is 4. The fraction of sp³-hybridized carbons (Fsp3) is 0.500. The van der Waals surface area contributed by atoms with Crippen LogP contribution in [0.15, 0.2) is 48.5 Å². The number of likely N-dealkylation sites (tertiary alicyclic amines) is 2. The number of amides is 5. The van der Waals surface area contributed by atoms with E-state index < -0.39 is 29.8 Å². The smallest absolute Gasteiger partial charge is 0.453 e. The van der Waals surface area contributed by atoms with Gasteiger partial charge in [-0.05, 0) is 81.2 Å². The van der Waals surface area contributed by atoms with Gasteiger partial charge in [0.2, 0.25) is 5.91 Å². The van der Waals surface area contributed by atoms with Crippen molar-refractivity contribution in [2.24, 2.45) is 5.92 Å². The lowest BCUT2D eigenvalue weighted by Crippen LogP contribution is -2.55. The summed E-state index contributed by atoms with van der Waals surface area (Å²) in [6.07, 6.45) is -3.74. The van der Waals surface area contributed by atoms with Crippen LogP contribution in [0.25, 0.3) is 32.9 Å². The summed E-state index contributed by atoms with van der Waals surface area (Å²) >= 11 is 0. The largest absolute Gasteiger partial charge is 0.573 e. The predicted octanol–water partition coefficient (Wildman–Crippen LogP) is 7.10. The SMILES string of the molecule is COC(=O)NCC(=O)N1CC(C)CC1c1nc2c(ccc3cc(-c4ccc(NC(=O)N5CCN(C6CCN(C(=O)OC(C)(C)C)CC6)CC5)cc4OC(F)(F)F)ccc32)[nH]1. The van der Waals surface area contributed by atoms with Crippen LogP contribution < -0.4 is 15.4 Å². The van der Waals surface area contributed by atoms with Crippen molar-refractivity contribution in [1.82, 2.24) is 34.9 Å². The summed E-state index contributed by atoms with van der Waals surface area (Å²) in [4.78, 5) is 66.1. The molecule has 0 saturated carbocycles. The summed E-state index contributed by atoms with van der Waals surface area (Å²) in [6.45, 7) is 11.2. The minimum absolute atomic E-state index is 0.154. The number of piperidine rings is 1. The van der Waals surface area contributed by atoms with Crippen molar-refractivity contribution in [3.05, 3.63) is 54.4 Å². The molecule has 2 unspecified atom stereocenters. The van der Waals surface area contributed by atoms with Crippen LogP contribution in [-0.2, 0) is 14.3 Å². The molecule has 2 atom stereocenters. The number of hydrogen-bond donors (Lipinski definition) is 3. The van der Waals surface area contributed by atoms with Crippen LogP contribution in [0.3, 0.4) is 0 Å². The molecule has 18 heteroatoms. The molecule has 7 rings (SSSR count). The minimum atomic E-state index is -4.99. The summed E-state index contributed by atoms with van der Waals surface area (Å²) in [5.74, 6) is 0.0569. The molecule has 4 heterocycles. The number of imidazole rings is 1. The number of urea groups is 1. The van der Waals surface area contributed by atoms with Gasteiger partial charge < -0.3 is 44.5 Å². The van der Waals surface area contributed by atoms with Crippen LogP contribution >= 0.6 is 0 Å². The van der Waals surface area contributed by atoms with Crippen molar-refractivity contribution >= 4 is 51.6 Å². The molecule has 4 aromatic rings. The van der Waals surface area contributed by atoms with Crippen LogP contribution in [0.5, 0.6) is 5.75 Å². The van der Waals surface area contributed by atoms with Crippen molar-refractivity contribution in [2.75, 3.05) is 64.8 Å². The number of alkyl halides is 3. The lowest BCUT2D eigenvalue weighted by atomic mass is 9.99. The predicted molar refractivity (Wildman–Crippen MR) is 217 cm³/mol. The first-order valence-corrected chi connectivity index (χ1v) is 20.2. The Bertz CT molecular complexity index is 2240. The van der Waals surface area contributed by atoms with Crippen molar-refractivity contribution in [2.45, 2.75) is 71.0 Å². The van der Waals surface area contributed by atoms with E-state index in [1.54, 1.807) is 39.0 Å². The standard InChI is InChI=1S/C42H51F3N8O7/c1-25-20-33(53(24-25)35(54)23-46-39(56)58-5)37-48-32-11-7-27-21-26(6-9-31(27)36(32)49-37)30-10-8-28(22-34(30)59-42(43,44)45)47-38(55)51-18-16-50(17-19-51)29-12-14-52(15-13-29)40(57)60-41(2,3)4/h6-11,21-22,25,29,33H,12-20,23-24H2,1-5H3,(H,46,56)(H,47,55)(H,48,49).